The van der Waals surface area contributed by atoms with Gasteiger partial charge < -0.3 is 9.64 Å². The normalized spacial score (nSPS) is 12.4. The van der Waals surface area contributed by atoms with E-state index in [9.17, 15) is 8.42 Å². The molecular weight excluding hydrogens is 483 g/mol. The highest BCUT2D eigenvalue weighted by molar-refractivity contribution is 7.89. The molecule has 0 amide bonds. The summed E-state index contributed by atoms with van der Waals surface area (Å²) in [5.74, 6) is 0.842. The number of ether oxygens (including phenoxy) is 1. The van der Waals surface area contributed by atoms with E-state index < -0.39 is 10.0 Å². The molecule has 3 rings (SSSR count). The number of nitrogens with zero attached hydrogens (tertiary/aromatic N) is 3. The number of aryl methyl sites for hydroxylation is 1. The molecule has 1 unspecified atom stereocenters. The second-order valence-corrected chi connectivity index (χ2v) is 10.1. The van der Waals surface area contributed by atoms with Gasteiger partial charge in [-0.25, -0.2) is 13.1 Å². The van der Waals surface area contributed by atoms with Crippen LogP contribution in [0.4, 0.5) is 0 Å². The van der Waals surface area contributed by atoms with Crippen molar-refractivity contribution in [2.45, 2.75) is 17.2 Å². The van der Waals surface area contributed by atoms with Crippen LogP contribution in [0.25, 0.3) is 0 Å². The van der Waals surface area contributed by atoms with Crippen LogP contribution >= 0.6 is 24.0 Å². The van der Waals surface area contributed by atoms with E-state index in [0.717, 1.165) is 18.5 Å². The fraction of sp³-hybridized carbons (Fsp3) is 0.348. The van der Waals surface area contributed by atoms with E-state index >= 15 is 0 Å². The minimum atomic E-state index is -3.61. The molecule has 180 valence electrons. The molecule has 1 aromatic heterocycles. The first-order chi connectivity index (χ1) is 15.2. The predicted molar refractivity (Wildman–Crippen MR) is 134 cm³/mol. The van der Waals surface area contributed by atoms with Gasteiger partial charge in [-0.2, -0.15) is 5.10 Å². The minimum absolute atomic E-state index is 0. The van der Waals surface area contributed by atoms with E-state index in [4.69, 9.17) is 16.3 Å². The van der Waals surface area contributed by atoms with Crippen molar-refractivity contribution >= 4 is 34.0 Å². The van der Waals surface area contributed by atoms with Crippen molar-refractivity contribution in [2.24, 2.45) is 7.05 Å². The van der Waals surface area contributed by atoms with Crippen LogP contribution < -0.4 is 9.46 Å². The van der Waals surface area contributed by atoms with Gasteiger partial charge >= 0.3 is 0 Å². The summed E-state index contributed by atoms with van der Waals surface area (Å²) >= 11 is 6.56. The standard InChI is InChI=1S/C23H29ClN4O3S.ClH/c1-27(2)16-19(13-18-7-5-4-6-8-18)22-14-20(9-10-23(22)24)31-12-11-26-32(29,30)21-15-25-28(3)17-21;/h4-10,14-15,17,19,26H,11-13,16H2,1-3H3;1H. The first-order valence-electron chi connectivity index (χ1n) is 10.3. The third kappa shape index (κ3) is 8.01. The van der Waals surface area contributed by atoms with E-state index in [2.05, 4.69) is 26.9 Å². The molecule has 1 heterocycles. The van der Waals surface area contributed by atoms with E-state index in [1.54, 1.807) is 13.1 Å². The minimum Gasteiger partial charge on any atom is -0.492 e. The maximum atomic E-state index is 12.3. The van der Waals surface area contributed by atoms with Crippen molar-refractivity contribution < 1.29 is 13.2 Å². The van der Waals surface area contributed by atoms with Gasteiger partial charge in [0, 0.05) is 37.3 Å². The average molecular weight is 513 g/mol. The molecular formula is C23H30Cl2N4O3S. The third-order valence-corrected chi connectivity index (χ3v) is 6.73. The largest absolute Gasteiger partial charge is 0.492 e. The highest BCUT2D eigenvalue weighted by Crippen LogP contribution is 2.31. The third-order valence-electron chi connectivity index (χ3n) is 4.97. The molecule has 0 aliphatic rings. The van der Waals surface area contributed by atoms with Crippen molar-refractivity contribution in [2.75, 3.05) is 33.8 Å². The Morgan fingerprint density at radius 3 is 2.55 bits per heavy atom. The van der Waals surface area contributed by atoms with Gasteiger partial charge in [0.15, 0.2) is 0 Å². The lowest BCUT2D eigenvalue weighted by molar-refractivity contribution is 0.321. The van der Waals surface area contributed by atoms with E-state index in [-0.39, 0.29) is 36.4 Å². The Morgan fingerprint density at radius 1 is 1.18 bits per heavy atom. The number of nitrogens with one attached hydrogen (secondary N) is 1. The summed E-state index contributed by atoms with van der Waals surface area (Å²) in [5.41, 5.74) is 2.25. The second-order valence-electron chi connectivity index (χ2n) is 7.93. The number of benzene rings is 2. The summed E-state index contributed by atoms with van der Waals surface area (Å²) in [6.07, 6.45) is 3.62. The monoisotopic (exact) mass is 512 g/mol. The predicted octanol–water partition coefficient (Wildman–Crippen LogP) is 3.74. The number of likely N-dealkylation sites (N-methyl/N-ethyl adjacent to an activating group) is 1. The Balaban J connectivity index is 0.00000385. The van der Waals surface area contributed by atoms with Crippen molar-refractivity contribution in [3.8, 4) is 5.75 Å². The fourth-order valence-corrected chi connectivity index (χ4v) is 4.77. The smallest absolute Gasteiger partial charge is 0.243 e. The van der Waals surface area contributed by atoms with Crippen molar-refractivity contribution in [1.82, 2.24) is 19.4 Å². The number of halogens is 2. The molecule has 0 saturated carbocycles. The zero-order valence-electron chi connectivity index (χ0n) is 18.9. The van der Waals surface area contributed by atoms with Crippen LogP contribution in [-0.4, -0.2) is 56.9 Å². The number of hydrogen-bond acceptors (Lipinski definition) is 5. The molecule has 0 aliphatic heterocycles. The number of rotatable bonds is 11. The fourth-order valence-electron chi connectivity index (χ4n) is 3.50. The van der Waals surface area contributed by atoms with E-state index in [1.165, 1.54) is 22.6 Å². The van der Waals surface area contributed by atoms with Crippen LogP contribution in [0.5, 0.6) is 5.75 Å². The lowest BCUT2D eigenvalue weighted by atomic mass is 9.91. The summed E-state index contributed by atoms with van der Waals surface area (Å²) in [6, 6.07) is 15.9. The Labute approximate surface area is 207 Å². The van der Waals surface area contributed by atoms with Gasteiger partial charge in [0.05, 0.1) is 6.20 Å². The van der Waals surface area contributed by atoms with Crippen LogP contribution in [0.3, 0.4) is 0 Å². The topological polar surface area (TPSA) is 76.5 Å². The molecule has 10 heteroatoms. The summed E-state index contributed by atoms with van der Waals surface area (Å²) in [5, 5.41) is 4.59. The van der Waals surface area contributed by atoms with Gasteiger partial charge in [-0.05, 0) is 49.8 Å². The molecule has 3 aromatic rings. The summed E-state index contributed by atoms with van der Waals surface area (Å²) in [7, 11) is 2.14. The maximum Gasteiger partial charge on any atom is 0.243 e. The van der Waals surface area contributed by atoms with Gasteiger partial charge in [-0.3, -0.25) is 4.68 Å². The Hall–Kier alpha value is -2.10. The van der Waals surface area contributed by atoms with Crippen molar-refractivity contribution in [1.29, 1.82) is 0 Å². The SMILES string of the molecule is CN(C)CC(Cc1ccccc1)c1cc(OCCNS(=O)(=O)c2cnn(C)c2)ccc1Cl.Cl. The first kappa shape index (κ1) is 27.1. The summed E-state index contributed by atoms with van der Waals surface area (Å²) < 4.78 is 34.4. The molecule has 2 aromatic carbocycles. The molecule has 1 N–H and O–H groups in total. The van der Waals surface area contributed by atoms with E-state index in [0.29, 0.717) is 10.8 Å². The number of sulfonamides is 1. The zero-order valence-corrected chi connectivity index (χ0v) is 21.3. The maximum absolute atomic E-state index is 12.3. The molecule has 0 bridgehead atoms. The molecule has 7 nitrogen and oxygen atoms in total. The molecule has 0 saturated heterocycles. The number of aromatic nitrogens is 2. The van der Waals surface area contributed by atoms with Crippen LogP contribution in [0, 0.1) is 0 Å². The Kier molecular flexibility index (Phi) is 10.2. The van der Waals surface area contributed by atoms with Gasteiger partial charge in [-0.15, -0.1) is 12.4 Å². The lowest BCUT2D eigenvalue weighted by Gasteiger charge is -2.23. The quantitative estimate of drug-likeness (QED) is 0.396. The first-order valence-corrected chi connectivity index (χ1v) is 12.2. The van der Waals surface area contributed by atoms with Gasteiger partial charge in [0.1, 0.15) is 17.3 Å². The van der Waals surface area contributed by atoms with Crippen LogP contribution in [0.15, 0.2) is 65.8 Å². The molecule has 1 atom stereocenters. The van der Waals surface area contributed by atoms with Crippen molar-refractivity contribution in [3.63, 3.8) is 0 Å². The molecule has 0 spiro atoms. The Morgan fingerprint density at radius 2 is 1.91 bits per heavy atom. The molecule has 0 aliphatic carbocycles. The lowest BCUT2D eigenvalue weighted by Crippen LogP contribution is -2.28. The second kappa shape index (κ2) is 12.4. The summed E-state index contributed by atoms with van der Waals surface area (Å²) in [4.78, 5) is 2.27. The van der Waals surface area contributed by atoms with Gasteiger partial charge in [0.2, 0.25) is 10.0 Å². The highest BCUT2D eigenvalue weighted by atomic mass is 35.5. The molecule has 0 radical (unpaired) electrons. The summed E-state index contributed by atoms with van der Waals surface area (Å²) in [6.45, 7) is 1.17. The highest BCUT2D eigenvalue weighted by Gasteiger charge is 2.18. The van der Waals surface area contributed by atoms with Crippen molar-refractivity contribution in [3.05, 3.63) is 77.1 Å². The molecule has 33 heavy (non-hydrogen) atoms. The molecule has 0 fully saturated rings. The van der Waals surface area contributed by atoms with Gasteiger partial charge in [-0.1, -0.05) is 41.9 Å². The van der Waals surface area contributed by atoms with Crippen LogP contribution in [0.1, 0.15) is 17.0 Å². The number of hydrogen-bond donors (Lipinski definition) is 1. The van der Waals surface area contributed by atoms with Crippen LogP contribution in [0.2, 0.25) is 5.02 Å². The van der Waals surface area contributed by atoms with Gasteiger partial charge in [0.25, 0.3) is 0 Å². The average Bonchev–Trinajstić information content (AvgIpc) is 3.20. The van der Waals surface area contributed by atoms with Crippen LogP contribution in [-0.2, 0) is 23.5 Å². The van der Waals surface area contributed by atoms with E-state index in [1.807, 2.05) is 44.4 Å². The zero-order chi connectivity index (χ0) is 23.1. The Bertz CT molecular complexity index is 1120.